The van der Waals surface area contributed by atoms with E-state index >= 15 is 0 Å². The van der Waals surface area contributed by atoms with Crippen LogP contribution in [-0.4, -0.2) is 0 Å². The Labute approximate surface area is 189 Å². The van der Waals surface area contributed by atoms with Crippen molar-refractivity contribution >= 4 is 40.0 Å². The predicted octanol–water partition coefficient (Wildman–Crippen LogP) is 8.79. The summed E-state index contributed by atoms with van der Waals surface area (Å²) in [6, 6.07) is 43.0. The molecule has 1 heteroatoms. The molecule has 32 heavy (non-hydrogen) atoms. The van der Waals surface area contributed by atoms with Crippen molar-refractivity contribution in [3.8, 4) is 0 Å². The zero-order chi connectivity index (χ0) is 21.8. The van der Waals surface area contributed by atoms with Crippen molar-refractivity contribution in [2.45, 2.75) is 6.92 Å². The number of rotatable bonds is 5. The molecule has 0 bridgehead atoms. The van der Waals surface area contributed by atoms with Gasteiger partial charge in [-0.2, -0.15) is 0 Å². The van der Waals surface area contributed by atoms with Gasteiger partial charge in [0.15, 0.2) is 0 Å². The zero-order valence-corrected chi connectivity index (χ0v) is 18.1. The van der Waals surface area contributed by atoms with Gasteiger partial charge in [-0.05, 0) is 53.8 Å². The molecule has 0 N–H and O–H groups in total. The van der Waals surface area contributed by atoms with E-state index in [1.165, 1.54) is 33.2 Å². The summed E-state index contributed by atoms with van der Waals surface area (Å²) in [4.78, 5) is 2.33. The first-order valence-corrected chi connectivity index (χ1v) is 11.0. The van der Waals surface area contributed by atoms with Crippen molar-refractivity contribution in [1.82, 2.24) is 0 Å². The van der Waals surface area contributed by atoms with Gasteiger partial charge >= 0.3 is 0 Å². The maximum atomic E-state index is 2.33. The van der Waals surface area contributed by atoms with Gasteiger partial charge < -0.3 is 4.90 Å². The number of hydrogen-bond acceptors (Lipinski definition) is 1. The number of para-hydroxylation sites is 1. The number of hydrogen-bond donors (Lipinski definition) is 0. The number of fused-ring (bicyclic) bond motifs is 1. The van der Waals surface area contributed by atoms with Crippen LogP contribution in [0.3, 0.4) is 0 Å². The number of aryl methyl sites for hydroxylation is 1. The van der Waals surface area contributed by atoms with E-state index in [1.807, 2.05) is 0 Å². The Kier molecular flexibility index (Phi) is 5.55. The van der Waals surface area contributed by atoms with E-state index < -0.39 is 0 Å². The highest BCUT2D eigenvalue weighted by molar-refractivity contribution is 5.98. The quantitative estimate of drug-likeness (QED) is 0.261. The summed E-state index contributed by atoms with van der Waals surface area (Å²) in [5, 5.41) is 2.48. The predicted molar refractivity (Wildman–Crippen MR) is 139 cm³/mol. The molecule has 5 aromatic carbocycles. The van der Waals surface area contributed by atoms with Gasteiger partial charge in [-0.1, -0.05) is 109 Å². The fraction of sp³-hybridized carbons (Fsp3) is 0.0323. The van der Waals surface area contributed by atoms with Crippen LogP contribution >= 0.6 is 0 Å². The first kappa shape index (κ1) is 19.8. The SMILES string of the molecule is Cc1ccc(C=Cc2ccc(N(c3ccccc3)c3cccc4ccccc34)cc2)cc1. The molecule has 0 aliphatic rings. The molecule has 0 saturated carbocycles. The average Bonchev–Trinajstić information content (AvgIpc) is 2.85. The average molecular weight is 412 g/mol. The van der Waals surface area contributed by atoms with Crippen molar-refractivity contribution in [2.75, 3.05) is 4.90 Å². The second-order valence-corrected chi connectivity index (χ2v) is 8.00. The smallest absolute Gasteiger partial charge is 0.0540 e. The third-order valence-electron chi connectivity index (χ3n) is 5.72. The van der Waals surface area contributed by atoms with Crippen LogP contribution in [0, 0.1) is 6.92 Å². The molecule has 0 aromatic heterocycles. The van der Waals surface area contributed by atoms with E-state index in [0.29, 0.717) is 0 Å². The van der Waals surface area contributed by atoms with Crippen molar-refractivity contribution < 1.29 is 0 Å². The maximum Gasteiger partial charge on any atom is 0.0540 e. The molecule has 0 heterocycles. The van der Waals surface area contributed by atoms with Crippen LogP contribution in [-0.2, 0) is 0 Å². The van der Waals surface area contributed by atoms with Gasteiger partial charge in [-0.25, -0.2) is 0 Å². The Balaban J connectivity index is 1.53. The van der Waals surface area contributed by atoms with Gasteiger partial charge in [0.1, 0.15) is 0 Å². The number of anilines is 3. The van der Waals surface area contributed by atoms with Crippen LogP contribution in [0.15, 0.2) is 121 Å². The molecule has 0 amide bonds. The Hall–Kier alpha value is -4.10. The van der Waals surface area contributed by atoms with Gasteiger partial charge in [0.2, 0.25) is 0 Å². The van der Waals surface area contributed by atoms with Crippen LogP contribution in [0.4, 0.5) is 17.1 Å². The highest BCUT2D eigenvalue weighted by atomic mass is 15.1. The standard InChI is InChI=1S/C31H25N/c1-24-14-16-25(17-15-24)18-19-26-20-22-29(23-21-26)32(28-10-3-2-4-11-28)31-13-7-9-27-8-5-6-12-30(27)31/h2-23H,1H3. The Morgan fingerprint density at radius 2 is 1.06 bits per heavy atom. The van der Waals surface area contributed by atoms with E-state index in [2.05, 4.69) is 145 Å². The van der Waals surface area contributed by atoms with Gasteiger partial charge in [-0.15, -0.1) is 0 Å². The topological polar surface area (TPSA) is 3.24 Å². The molecule has 0 aliphatic carbocycles. The Morgan fingerprint density at radius 1 is 0.500 bits per heavy atom. The minimum Gasteiger partial charge on any atom is -0.310 e. The van der Waals surface area contributed by atoms with Crippen LogP contribution in [0.25, 0.3) is 22.9 Å². The third-order valence-corrected chi connectivity index (χ3v) is 5.72. The summed E-state index contributed by atoms with van der Waals surface area (Å²) in [5.74, 6) is 0. The molecule has 5 aromatic rings. The van der Waals surface area contributed by atoms with Gasteiger partial charge in [-0.3, -0.25) is 0 Å². The molecule has 0 aliphatic heterocycles. The van der Waals surface area contributed by atoms with E-state index in [0.717, 1.165) is 11.4 Å². The lowest BCUT2D eigenvalue weighted by Gasteiger charge is -2.27. The first-order valence-electron chi connectivity index (χ1n) is 11.0. The van der Waals surface area contributed by atoms with Gasteiger partial charge in [0.25, 0.3) is 0 Å². The van der Waals surface area contributed by atoms with Gasteiger partial charge in [0, 0.05) is 16.8 Å². The molecule has 0 spiro atoms. The monoisotopic (exact) mass is 411 g/mol. The molecule has 0 atom stereocenters. The third kappa shape index (κ3) is 4.19. The van der Waals surface area contributed by atoms with Crippen LogP contribution in [0.5, 0.6) is 0 Å². The van der Waals surface area contributed by atoms with Crippen molar-refractivity contribution in [2.24, 2.45) is 0 Å². The van der Waals surface area contributed by atoms with Crippen molar-refractivity contribution in [1.29, 1.82) is 0 Å². The van der Waals surface area contributed by atoms with Gasteiger partial charge in [0.05, 0.1) is 5.69 Å². The molecule has 1 nitrogen and oxygen atoms in total. The summed E-state index contributed by atoms with van der Waals surface area (Å²) in [5.41, 5.74) is 7.13. The lowest BCUT2D eigenvalue weighted by molar-refractivity contribution is 1.30. The van der Waals surface area contributed by atoms with E-state index in [4.69, 9.17) is 0 Å². The van der Waals surface area contributed by atoms with Crippen LogP contribution in [0.2, 0.25) is 0 Å². The molecular formula is C31H25N. The lowest BCUT2D eigenvalue weighted by Crippen LogP contribution is -2.10. The van der Waals surface area contributed by atoms with E-state index in [1.54, 1.807) is 0 Å². The molecular weight excluding hydrogens is 386 g/mol. The number of nitrogens with zero attached hydrogens (tertiary/aromatic N) is 1. The second-order valence-electron chi connectivity index (χ2n) is 8.00. The van der Waals surface area contributed by atoms with E-state index in [9.17, 15) is 0 Å². The minimum atomic E-state index is 1.14. The molecule has 0 saturated heterocycles. The fourth-order valence-electron chi connectivity index (χ4n) is 4.01. The molecule has 0 unspecified atom stereocenters. The molecule has 0 fully saturated rings. The first-order chi connectivity index (χ1) is 15.8. The summed E-state index contributed by atoms with van der Waals surface area (Å²) in [6.07, 6.45) is 4.33. The van der Waals surface area contributed by atoms with E-state index in [-0.39, 0.29) is 0 Å². The summed E-state index contributed by atoms with van der Waals surface area (Å²) < 4.78 is 0. The largest absolute Gasteiger partial charge is 0.310 e. The molecule has 0 radical (unpaired) electrons. The van der Waals surface area contributed by atoms with Crippen molar-refractivity contribution in [3.05, 3.63) is 138 Å². The highest BCUT2D eigenvalue weighted by Crippen LogP contribution is 2.38. The highest BCUT2D eigenvalue weighted by Gasteiger charge is 2.14. The summed E-state index contributed by atoms with van der Waals surface area (Å²) >= 11 is 0. The summed E-state index contributed by atoms with van der Waals surface area (Å²) in [6.45, 7) is 2.11. The summed E-state index contributed by atoms with van der Waals surface area (Å²) in [7, 11) is 0. The normalized spacial score (nSPS) is 11.2. The van der Waals surface area contributed by atoms with Crippen LogP contribution < -0.4 is 4.90 Å². The lowest BCUT2D eigenvalue weighted by atomic mass is 10.1. The second kappa shape index (κ2) is 8.95. The molecule has 154 valence electrons. The zero-order valence-electron chi connectivity index (χ0n) is 18.1. The van der Waals surface area contributed by atoms with Crippen LogP contribution in [0.1, 0.15) is 16.7 Å². The Bertz CT molecular complexity index is 1340. The minimum absolute atomic E-state index is 1.14. The maximum absolute atomic E-state index is 2.33. The Morgan fingerprint density at radius 3 is 1.78 bits per heavy atom. The fourth-order valence-corrected chi connectivity index (χ4v) is 4.01. The number of benzene rings is 5. The molecule has 5 rings (SSSR count). The van der Waals surface area contributed by atoms with Crippen molar-refractivity contribution in [3.63, 3.8) is 0 Å².